The number of carbonyl (C=O) groups is 2. The molecule has 0 aliphatic heterocycles. The summed E-state index contributed by atoms with van der Waals surface area (Å²) in [6.07, 6.45) is 6.52. The van der Waals surface area contributed by atoms with Gasteiger partial charge in [-0.05, 0) is 62.1 Å². The third-order valence-corrected chi connectivity index (χ3v) is 5.41. The van der Waals surface area contributed by atoms with Crippen LogP contribution in [0.4, 0.5) is 10.8 Å². The minimum absolute atomic E-state index is 0.118. The SMILES string of the molecule is O=C(Cc1csc(NC(=O)c2ccco2)n1)Nc1ccc(OC2CCCC2)cc1. The zero-order valence-electron chi connectivity index (χ0n) is 15.7. The van der Waals surface area contributed by atoms with Gasteiger partial charge in [0, 0.05) is 11.1 Å². The van der Waals surface area contributed by atoms with Crippen molar-refractivity contribution >= 4 is 34.0 Å². The van der Waals surface area contributed by atoms with Crippen LogP contribution in [0, 0.1) is 0 Å². The molecule has 0 unspecified atom stereocenters. The number of furan rings is 1. The predicted molar refractivity (Wildman–Crippen MR) is 110 cm³/mol. The van der Waals surface area contributed by atoms with E-state index in [1.807, 2.05) is 24.3 Å². The van der Waals surface area contributed by atoms with E-state index in [9.17, 15) is 9.59 Å². The number of hydrogen-bond acceptors (Lipinski definition) is 6. The molecule has 1 fully saturated rings. The van der Waals surface area contributed by atoms with E-state index < -0.39 is 0 Å². The fourth-order valence-corrected chi connectivity index (χ4v) is 3.90. The van der Waals surface area contributed by atoms with Crippen molar-refractivity contribution in [1.82, 2.24) is 4.98 Å². The molecule has 0 atom stereocenters. The van der Waals surface area contributed by atoms with Crippen LogP contribution in [0.3, 0.4) is 0 Å². The minimum Gasteiger partial charge on any atom is -0.490 e. The number of aromatic nitrogens is 1. The predicted octanol–water partition coefficient (Wildman–Crippen LogP) is 4.49. The molecule has 1 aromatic carbocycles. The topological polar surface area (TPSA) is 93.5 Å². The molecule has 4 rings (SSSR count). The fourth-order valence-electron chi connectivity index (χ4n) is 3.20. The van der Waals surface area contributed by atoms with Gasteiger partial charge in [0.05, 0.1) is 24.5 Å². The van der Waals surface area contributed by atoms with E-state index in [4.69, 9.17) is 9.15 Å². The van der Waals surface area contributed by atoms with Crippen LogP contribution in [0.2, 0.25) is 0 Å². The highest BCUT2D eigenvalue weighted by atomic mass is 32.1. The number of hydrogen-bond donors (Lipinski definition) is 2. The molecular formula is C21H21N3O4S. The smallest absolute Gasteiger partial charge is 0.293 e. The standard InChI is InChI=1S/C21H21N3O4S/c25-19(22-14-7-9-17(10-8-14)28-16-4-1-2-5-16)12-15-13-29-21(23-15)24-20(26)18-6-3-11-27-18/h3,6-11,13,16H,1-2,4-5,12H2,(H,22,25)(H,23,24,26). The minimum atomic E-state index is -0.375. The van der Waals surface area contributed by atoms with Crippen LogP contribution >= 0.6 is 11.3 Å². The van der Waals surface area contributed by atoms with Gasteiger partial charge in [0.25, 0.3) is 5.91 Å². The molecule has 0 spiro atoms. The number of nitrogens with zero attached hydrogens (tertiary/aromatic N) is 1. The first-order valence-electron chi connectivity index (χ1n) is 9.51. The number of benzene rings is 1. The molecule has 1 aliphatic rings. The van der Waals surface area contributed by atoms with Gasteiger partial charge in [0.2, 0.25) is 5.91 Å². The van der Waals surface area contributed by atoms with Gasteiger partial charge in [-0.25, -0.2) is 4.98 Å². The van der Waals surface area contributed by atoms with Gasteiger partial charge in [-0.15, -0.1) is 11.3 Å². The summed E-state index contributed by atoms with van der Waals surface area (Å²) in [5, 5.41) is 7.67. The molecule has 0 bridgehead atoms. The number of nitrogens with one attached hydrogen (secondary N) is 2. The van der Waals surface area contributed by atoms with E-state index in [2.05, 4.69) is 15.6 Å². The van der Waals surface area contributed by atoms with Crippen LogP contribution in [0.1, 0.15) is 41.9 Å². The number of rotatable bonds is 7. The van der Waals surface area contributed by atoms with Crippen LogP contribution < -0.4 is 15.4 Å². The summed E-state index contributed by atoms with van der Waals surface area (Å²) < 4.78 is 11.0. The second-order valence-electron chi connectivity index (χ2n) is 6.85. The van der Waals surface area contributed by atoms with Crippen LogP contribution in [0.5, 0.6) is 5.75 Å². The van der Waals surface area contributed by atoms with Crippen molar-refractivity contribution in [3.63, 3.8) is 0 Å². The second kappa shape index (κ2) is 8.91. The summed E-state index contributed by atoms with van der Waals surface area (Å²) >= 11 is 1.26. The molecule has 2 amide bonds. The highest BCUT2D eigenvalue weighted by molar-refractivity contribution is 7.14. The molecule has 2 aromatic heterocycles. The summed E-state index contributed by atoms with van der Waals surface area (Å²) in [4.78, 5) is 28.5. The Hall–Kier alpha value is -3.13. The van der Waals surface area contributed by atoms with Gasteiger partial charge in [0.1, 0.15) is 5.75 Å². The first-order valence-corrected chi connectivity index (χ1v) is 10.4. The van der Waals surface area contributed by atoms with Crippen molar-refractivity contribution < 1.29 is 18.7 Å². The Kier molecular flexibility index (Phi) is 5.90. The summed E-state index contributed by atoms with van der Waals surface area (Å²) in [6.45, 7) is 0. The third kappa shape index (κ3) is 5.23. The zero-order valence-corrected chi connectivity index (χ0v) is 16.5. The maximum absolute atomic E-state index is 12.3. The average molecular weight is 411 g/mol. The summed E-state index contributed by atoms with van der Waals surface area (Å²) in [7, 11) is 0. The Balaban J connectivity index is 1.27. The average Bonchev–Trinajstić information content (AvgIpc) is 3.46. The Morgan fingerprint density at radius 1 is 1.14 bits per heavy atom. The lowest BCUT2D eigenvalue weighted by atomic mass is 10.2. The first kappa shape index (κ1) is 19.2. The third-order valence-electron chi connectivity index (χ3n) is 4.60. The van der Waals surface area contributed by atoms with Crippen molar-refractivity contribution in [2.75, 3.05) is 10.6 Å². The van der Waals surface area contributed by atoms with E-state index in [0.717, 1.165) is 18.6 Å². The van der Waals surface area contributed by atoms with Gasteiger partial charge in [-0.2, -0.15) is 0 Å². The van der Waals surface area contributed by atoms with E-state index in [-0.39, 0.29) is 24.0 Å². The molecular weight excluding hydrogens is 390 g/mol. The van der Waals surface area contributed by atoms with Gasteiger partial charge >= 0.3 is 0 Å². The van der Waals surface area contributed by atoms with E-state index >= 15 is 0 Å². The Bertz CT molecular complexity index is 960. The molecule has 1 saturated carbocycles. The number of anilines is 2. The highest BCUT2D eigenvalue weighted by Crippen LogP contribution is 2.25. The van der Waals surface area contributed by atoms with Crippen LogP contribution in [0.25, 0.3) is 0 Å². The molecule has 150 valence electrons. The fraction of sp³-hybridized carbons (Fsp3) is 0.286. The Labute approximate surface area is 172 Å². The number of thiazole rings is 1. The number of ether oxygens (including phenoxy) is 1. The number of carbonyl (C=O) groups excluding carboxylic acids is 2. The van der Waals surface area contributed by atoms with Crippen LogP contribution in [0.15, 0.2) is 52.5 Å². The quantitative estimate of drug-likeness (QED) is 0.597. The summed E-state index contributed by atoms with van der Waals surface area (Å²) in [5.41, 5.74) is 1.29. The monoisotopic (exact) mass is 411 g/mol. The van der Waals surface area contributed by atoms with Gasteiger partial charge < -0.3 is 14.5 Å². The largest absolute Gasteiger partial charge is 0.490 e. The molecule has 0 radical (unpaired) electrons. The number of amides is 2. The first-order chi connectivity index (χ1) is 14.2. The highest BCUT2D eigenvalue weighted by Gasteiger charge is 2.16. The Morgan fingerprint density at radius 2 is 1.93 bits per heavy atom. The van der Waals surface area contributed by atoms with E-state index in [1.54, 1.807) is 17.5 Å². The maximum Gasteiger partial charge on any atom is 0.293 e. The second-order valence-corrected chi connectivity index (χ2v) is 7.71. The molecule has 7 nitrogen and oxygen atoms in total. The Morgan fingerprint density at radius 3 is 2.66 bits per heavy atom. The lowest BCUT2D eigenvalue weighted by Gasteiger charge is -2.13. The molecule has 0 saturated heterocycles. The van der Waals surface area contributed by atoms with Crippen LogP contribution in [-0.4, -0.2) is 22.9 Å². The van der Waals surface area contributed by atoms with Crippen LogP contribution in [-0.2, 0) is 11.2 Å². The zero-order chi connectivity index (χ0) is 20.1. The molecule has 2 N–H and O–H groups in total. The molecule has 1 aliphatic carbocycles. The van der Waals surface area contributed by atoms with Crippen molar-refractivity contribution in [2.45, 2.75) is 38.2 Å². The maximum atomic E-state index is 12.3. The van der Waals surface area contributed by atoms with Gasteiger partial charge in [-0.1, -0.05) is 0 Å². The van der Waals surface area contributed by atoms with Crippen molar-refractivity contribution in [2.24, 2.45) is 0 Å². The van der Waals surface area contributed by atoms with Crippen molar-refractivity contribution in [3.05, 3.63) is 59.5 Å². The molecule has 29 heavy (non-hydrogen) atoms. The normalized spacial score (nSPS) is 13.9. The lowest BCUT2D eigenvalue weighted by Crippen LogP contribution is -2.15. The molecule has 2 heterocycles. The molecule has 3 aromatic rings. The lowest BCUT2D eigenvalue weighted by molar-refractivity contribution is -0.115. The summed E-state index contributed by atoms with van der Waals surface area (Å²) in [6, 6.07) is 10.6. The van der Waals surface area contributed by atoms with Crippen molar-refractivity contribution in [1.29, 1.82) is 0 Å². The summed E-state index contributed by atoms with van der Waals surface area (Å²) in [5.74, 6) is 0.482. The van der Waals surface area contributed by atoms with E-state index in [1.165, 1.54) is 30.4 Å². The van der Waals surface area contributed by atoms with Crippen molar-refractivity contribution in [3.8, 4) is 5.75 Å². The van der Waals surface area contributed by atoms with Gasteiger partial charge in [-0.3, -0.25) is 14.9 Å². The van der Waals surface area contributed by atoms with E-state index in [0.29, 0.717) is 22.6 Å². The molecule has 8 heteroatoms. The van der Waals surface area contributed by atoms with Gasteiger partial charge in [0.15, 0.2) is 10.9 Å².